The van der Waals surface area contributed by atoms with Crippen molar-refractivity contribution in [3.05, 3.63) is 95.8 Å². The first kappa shape index (κ1) is 27.8. The molecular formula is C27H32N4O5S. The van der Waals surface area contributed by atoms with Crippen LogP contribution in [0.25, 0.3) is 0 Å². The number of hydrogen-bond donors (Lipinski definition) is 1. The minimum Gasteiger partial charge on any atom is -0.497 e. The lowest BCUT2D eigenvalue weighted by Gasteiger charge is -2.31. The third-order valence-electron chi connectivity index (χ3n) is 5.88. The van der Waals surface area contributed by atoms with Crippen molar-refractivity contribution in [2.24, 2.45) is 0 Å². The van der Waals surface area contributed by atoms with Gasteiger partial charge in [-0.25, -0.2) is 8.42 Å². The monoisotopic (exact) mass is 524 g/mol. The second kappa shape index (κ2) is 13.0. The maximum absolute atomic E-state index is 13.5. The van der Waals surface area contributed by atoms with Crippen LogP contribution in [0, 0.1) is 0 Å². The fourth-order valence-corrected chi connectivity index (χ4v) is 4.40. The van der Waals surface area contributed by atoms with Crippen LogP contribution < -0.4 is 10.1 Å². The van der Waals surface area contributed by atoms with E-state index >= 15 is 0 Å². The summed E-state index contributed by atoms with van der Waals surface area (Å²) in [5.74, 6) is -0.174. The number of nitrogens with zero attached hydrogens (tertiary/aromatic N) is 3. The molecule has 0 fully saturated rings. The zero-order valence-electron chi connectivity index (χ0n) is 21.2. The Morgan fingerprint density at radius 2 is 1.54 bits per heavy atom. The average molecular weight is 525 g/mol. The van der Waals surface area contributed by atoms with E-state index in [0.29, 0.717) is 5.75 Å². The van der Waals surface area contributed by atoms with E-state index in [2.05, 4.69) is 10.3 Å². The fraction of sp³-hybridized carbons (Fsp3) is 0.296. The molecular weight excluding hydrogens is 492 g/mol. The maximum atomic E-state index is 13.5. The van der Waals surface area contributed by atoms with Crippen LogP contribution in [-0.2, 0) is 39.2 Å². The van der Waals surface area contributed by atoms with Gasteiger partial charge in [-0.2, -0.15) is 4.31 Å². The molecule has 0 aliphatic carbocycles. The van der Waals surface area contributed by atoms with Gasteiger partial charge in [0.1, 0.15) is 11.8 Å². The summed E-state index contributed by atoms with van der Waals surface area (Å²) >= 11 is 0. The third kappa shape index (κ3) is 8.40. The molecule has 0 aliphatic rings. The van der Waals surface area contributed by atoms with E-state index < -0.39 is 28.5 Å². The number of carbonyl (C=O) groups excluding carboxylic acids is 2. The molecule has 1 N–H and O–H groups in total. The van der Waals surface area contributed by atoms with E-state index in [1.165, 1.54) is 4.90 Å². The molecule has 10 heteroatoms. The summed E-state index contributed by atoms with van der Waals surface area (Å²) in [4.78, 5) is 32.0. The zero-order valence-corrected chi connectivity index (χ0v) is 22.0. The summed E-state index contributed by atoms with van der Waals surface area (Å²) in [6, 6.07) is 18.9. The topological polar surface area (TPSA) is 109 Å². The molecule has 1 heterocycles. The van der Waals surface area contributed by atoms with Crippen molar-refractivity contribution in [1.82, 2.24) is 19.5 Å². The summed E-state index contributed by atoms with van der Waals surface area (Å²) < 4.78 is 31.4. The minimum absolute atomic E-state index is 0.0460. The van der Waals surface area contributed by atoms with Crippen molar-refractivity contribution in [2.45, 2.75) is 32.6 Å². The molecule has 9 nitrogen and oxygen atoms in total. The van der Waals surface area contributed by atoms with Gasteiger partial charge >= 0.3 is 0 Å². The van der Waals surface area contributed by atoms with Gasteiger partial charge in [0.05, 0.1) is 19.9 Å². The number of amides is 2. The Balaban J connectivity index is 1.81. The summed E-state index contributed by atoms with van der Waals surface area (Å²) in [7, 11) is -2.14. The summed E-state index contributed by atoms with van der Waals surface area (Å²) in [6.45, 7) is 1.68. The van der Waals surface area contributed by atoms with Gasteiger partial charge in [0.25, 0.3) is 0 Å². The number of aromatic nitrogens is 1. The molecule has 2 aromatic carbocycles. The van der Waals surface area contributed by atoms with Crippen LogP contribution in [0.1, 0.15) is 23.6 Å². The predicted octanol–water partition coefficient (Wildman–Crippen LogP) is 2.59. The second-order valence-corrected chi connectivity index (χ2v) is 10.6. The summed E-state index contributed by atoms with van der Waals surface area (Å²) in [5.41, 5.74) is 2.40. The Labute approximate surface area is 218 Å². The van der Waals surface area contributed by atoms with E-state index in [4.69, 9.17) is 4.74 Å². The van der Waals surface area contributed by atoms with E-state index in [1.54, 1.807) is 75.0 Å². The molecule has 0 radical (unpaired) electrons. The van der Waals surface area contributed by atoms with Crippen molar-refractivity contribution in [1.29, 1.82) is 0 Å². The maximum Gasteiger partial charge on any atom is 0.242 e. The smallest absolute Gasteiger partial charge is 0.242 e. The molecule has 37 heavy (non-hydrogen) atoms. The van der Waals surface area contributed by atoms with E-state index in [1.807, 2.05) is 18.2 Å². The number of benzene rings is 2. The van der Waals surface area contributed by atoms with Gasteiger partial charge in [-0.05, 0) is 47.9 Å². The van der Waals surface area contributed by atoms with E-state index in [-0.39, 0.29) is 25.5 Å². The lowest BCUT2D eigenvalue weighted by molar-refractivity contribution is -0.140. The van der Waals surface area contributed by atoms with Gasteiger partial charge in [0.2, 0.25) is 21.8 Å². The predicted molar refractivity (Wildman–Crippen MR) is 141 cm³/mol. The number of sulfonamides is 1. The third-order valence-corrected chi connectivity index (χ3v) is 7.07. The number of rotatable bonds is 12. The molecule has 3 rings (SSSR count). The molecule has 196 valence electrons. The number of methoxy groups -OCH3 is 1. The molecule has 1 unspecified atom stereocenters. The van der Waals surface area contributed by atoms with Gasteiger partial charge in [0.15, 0.2) is 0 Å². The van der Waals surface area contributed by atoms with Gasteiger partial charge in [0, 0.05) is 32.0 Å². The van der Waals surface area contributed by atoms with Crippen LogP contribution in [-0.4, -0.2) is 60.4 Å². The van der Waals surface area contributed by atoms with Crippen molar-refractivity contribution >= 4 is 21.8 Å². The standard InChI is InChI=1S/C27H32N4O5S/c1-21(27(33)29-17-22-13-15-28-16-14-22)31(19-24-9-11-25(36-2)12-10-24)26(32)20-30(37(3,34)35)18-23-7-5-4-6-8-23/h4-16,21H,17-20H2,1-3H3,(H,29,33). The second-order valence-electron chi connectivity index (χ2n) is 8.64. The van der Waals surface area contributed by atoms with Gasteiger partial charge in [-0.1, -0.05) is 42.5 Å². The Morgan fingerprint density at radius 3 is 2.14 bits per heavy atom. The molecule has 3 aromatic rings. The SMILES string of the molecule is COc1ccc(CN(C(=O)CN(Cc2ccccc2)S(C)(=O)=O)C(C)C(=O)NCc2ccncc2)cc1. The Bertz CT molecular complexity index is 1270. The lowest BCUT2D eigenvalue weighted by Crippen LogP contribution is -2.50. The van der Waals surface area contributed by atoms with Crippen LogP contribution in [0.2, 0.25) is 0 Å². The van der Waals surface area contributed by atoms with Crippen molar-refractivity contribution in [2.75, 3.05) is 19.9 Å². The van der Waals surface area contributed by atoms with E-state index in [9.17, 15) is 18.0 Å². The Kier molecular flexibility index (Phi) is 9.76. The molecule has 0 bridgehead atoms. The summed E-state index contributed by atoms with van der Waals surface area (Å²) in [6.07, 6.45) is 4.34. The molecule has 1 aromatic heterocycles. The van der Waals surface area contributed by atoms with Crippen LogP contribution in [0.15, 0.2) is 79.1 Å². The number of hydrogen-bond acceptors (Lipinski definition) is 6. The number of ether oxygens (including phenoxy) is 1. The van der Waals surface area contributed by atoms with Crippen molar-refractivity contribution in [3.8, 4) is 5.75 Å². The Morgan fingerprint density at radius 1 is 0.919 bits per heavy atom. The highest BCUT2D eigenvalue weighted by Gasteiger charge is 2.29. The van der Waals surface area contributed by atoms with Crippen molar-refractivity contribution in [3.63, 3.8) is 0 Å². The highest BCUT2D eigenvalue weighted by atomic mass is 32.2. The first-order chi connectivity index (χ1) is 17.7. The van der Waals surface area contributed by atoms with Crippen LogP contribution in [0.5, 0.6) is 5.75 Å². The highest BCUT2D eigenvalue weighted by Crippen LogP contribution is 2.16. The molecule has 0 saturated carbocycles. The van der Waals surface area contributed by atoms with Crippen molar-refractivity contribution < 1.29 is 22.7 Å². The van der Waals surface area contributed by atoms with Gasteiger partial charge < -0.3 is 15.0 Å². The first-order valence-electron chi connectivity index (χ1n) is 11.8. The highest BCUT2D eigenvalue weighted by molar-refractivity contribution is 7.88. The zero-order chi connectivity index (χ0) is 26.8. The van der Waals surface area contributed by atoms with Gasteiger partial charge in [-0.15, -0.1) is 0 Å². The first-order valence-corrected chi connectivity index (χ1v) is 13.6. The lowest BCUT2D eigenvalue weighted by atomic mass is 10.1. The molecule has 2 amide bonds. The fourth-order valence-electron chi connectivity index (χ4n) is 3.67. The Hall–Kier alpha value is -3.76. The van der Waals surface area contributed by atoms with Crippen LogP contribution in [0.4, 0.5) is 0 Å². The average Bonchev–Trinajstić information content (AvgIpc) is 2.90. The summed E-state index contributed by atoms with van der Waals surface area (Å²) in [5, 5.41) is 2.85. The van der Waals surface area contributed by atoms with Crippen LogP contribution >= 0.6 is 0 Å². The molecule has 0 spiro atoms. The normalized spacial score (nSPS) is 12.1. The molecule has 1 atom stereocenters. The quantitative estimate of drug-likeness (QED) is 0.390. The number of carbonyl (C=O) groups is 2. The largest absolute Gasteiger partial charge is 0.497 e. The van der Waals surface area contributed by atoms with Crippen LogP contribution in [0.3, 0.4) is 0 Å². The number of pyridine rings is 1. The number of nitrogens with one attached hydrogen (secondary N) is 1. The molecule has 0 saturated heterocycles. The molecule has 0 aliphatic heterocycles. The van der Waals surface area contributed by atoms with Gasteiger partial charge in [-0.3, -0.25) is 14.6 Å². The minimum atomic E-state index is -3.70. The van der Waals surface area contributed by atoms with E-state index in [0.717, 1.165) is 27.3 Å².